The molecule has 1 aromatic heterocycles. The summed E-state index contributed by atoms with van der Waals surface area (Å²) in [6, 6.07) is 14.4. The Morgan fingerprint density at radius 1 is 1.21 bits per heavy atom. The SMILES string of the molecule is CSc1ccc(CC(=O)N(CC2CCCO2)c2nc3c(SC)cccc3s2)cc1. The van der Waals surface area contributed by atoms with Gasteiger partial charge in [-0.1, -0.05) is 29.5 Å². The summed E-state index contributed by atoms with van der Waals surface area (Å²) in [6.45, 7) is 1.34. The van der Waals surface area contributed by atoms with E-state index in [1.807, 2.05) is 17.0 Å². The first-order valence-corrected chi connectivity index (χ1v) is 12.9. The number of fused-ring (bicyclic) bond motifs is 1. The molecular weight excluding hydrogens is 420 g/mol. The van der Waals surface area contributed by atoms with E-state index in [1.165, 1.54) is 4.90 Å². The van der Waals surface area contributed by atoms with Crippen LogP contribution in [0.2, 0.25) is 0 Å². The zero-order chi connectivity index (χ0) is 20.2. The Labute approximate surface area is 184 Å². The Morgan fingerprint density at radius 3 is 2.72 bits per heavy atom. The van der Waals surface area contributed by atoms with Crippen molar-refractivity contribution in [2.75, 3.05) is 30.6 Å². The minimum absolute atomic E-state index is 0.0714. The van der Waals surface area contributed by atoms with Crippen molar-refractivity contribution in [1.29, 1.82) is 0 Å². The van der Waals surface area contributed by atoms with Crippen LogP contribution in [0.3, 0.4) is 0 Å². The standard InChI is InChI=1S/C22H24N2O2S3/c1-27-17-10-8-15(9-11-17)13-20(25)24(14-16-5-4-12-26-16)22-23-21-18(28-2)6-3-7-19(21)29-22/h3,6-11,16H,4-5,12-14H2,1-2H3. The van der Waals surface area contributed by atoms with Gasteiger partial charge < -0.3 is 4.74 Å². The van der Waals surface area contributed by atoms with E-state index in [-0.39, 0.29) is 12.0 Å². The Bertz CT molecular complexity index is 981. The fourth-order valence-corrected chi connectivity index (χ4v) is 5.54. The molecule has 1 atom stereocenters. The third kappa shape index (κ3) is 4.79. The summed E-state index contributed by atoms with van der Waals surface area (Å²) < 4.78 is 6.94. The van der Waals surface area contributed by atoms with Gasteiger partial charge in [0.15, 0.2) is 5.13 Å². The first-order valence-electron chi connectivity index (χ1n) is 9.66. The largest absolute Gasteiger partial charge is 0.376 e. The number of benzene rings is 2. The van der Waals surface area contributed by atoms with Crippen LogP contribution < -0.4 is 4.90 Å². The molecule has 1 amide bonds. The van der Waals surface area contributed by atoms with Crippen molar-refractivity contribution in [2.45, 2.75) is 35.2 Å². The molecule has 152 valence electrons. The highest BCUT2D eigenvalue weighted by molar-refractivity contribution is 7.99. The third-order valence-corrected chi connectivity index (χ3v) is 7.60. The van der Waals surface area contributed by atoms with Crippen LogP contribution in [0.25, 0.3) is 10.2 Å². The average molecular weight is 445 g/mol. The van der Waals surface area contributed by atoms with Crippen molar-refractivity contribution in [1.82, 2.24) is 4.98 Å². The van der Waals surface area contributed by atoms with Crippen LogP contribution in [0, 0.1) is 0 Å². The molecule has 0 spiro atoms. The average Bonchev–Trinajstić information content (AvgIpc) is 3.41. The highest BCUT2D eigenvalue weighted by atomic mass is 32.2. The summed E-state index contributed by atoms with van der Waals surface area (Å²) in [7, 11) is 0. The first kappa shape index (κ1) is 20.7. The van der Waals surface area contributed by atoms with Gasteiger partial charge in [0.2, 0.25) is 5.91 Å². The highest BCUT2D eigenvalue weighted by Crippen LogP contribution is 2.35. The van der Waals surface area contributed by atoms with E-state index in [2.05, 4.69) is 42.8 Å². The highest BCUT2D eigenvalue weighted by Gasteiger charge is 2.26. The summed E-state index contributed by atoms with van der Waals surface area (Å²) in [5.41, 5.74) is 2.01. The van der Waals surface area contributed by atoms with Crippen LogP contribution in [0.4, 0.5) is 5.13 Å². The van der Waals surface area contributed by atoms with Gasteiger partial charge in [0, 0.05) is 16.4 Å². The Kier molecular flexibility index (Phi) is 6.80. The van der Waals surface area contributed by atoms with E-state index in [1.54, 1.807) is 34.9 Å². The van der Waals surface area contributed by atoms with Gasteiger partial charge >= 0.3 is 0 Å². The molecule has 1 unspecified atom stereocenters. The molecule has 1 aliphatic heterocycles. The lowest BCUT2D eigenvalue weighted by Gasteiger charge is -2.23. The first-order chi connectivity index (χ1) is 14.2. The van der Waals surface area contributed by atoms with E-state index in [4.69, 9.17) is 9.72 Å². The molecule has 1 fully saturated rings. The predicted octanol–water partition coefficient (Wildman–Crippen LogP) is 5.49. The second-order valence-electron chi connectivity index (χ2n) is 6.97. The Morgan fingerprint density at radius 2 is 2.03 bits per heavy atom. The molecule has 7 heteroatoms. The number of thiazole rings is 1. The van der Waals surface area contributed by atoms with Gasteiger partial charge in [0.05, 0.1) is 29.3 Å². The quantitative estimate of drug-likeness (QED) is 0.451. The van der Waals surface area contributed by atoms with Gasteiger partial charge in [0.25, 0.3) is 0 Å². The topological polar surface area (TPSA) is 42.4 Å². The molecule has 0 radical (unpaired) electrons. The van der Waals surface area contributed by atoms with E-state index < -0.39 is 0 Å². The summed E-state index contributed by atoms with van der Waals surface area (Å²) in [5.74, 6) is 0.0714. The molecule has 0 aliphatic carbocycles. The van der Waals surface area contributed by atoms with Crippen molar-refractivity contribution < 1.29 is 9.53 Å². The maximum absolute atomic E-state index is 13.3. The summed E-state index contributed by atoms with van der Waals surface area (Å²) >= 11 is 4.97. The number of rotatable bonds is 7. The van der Waals surface area contributed by atoms with Crippen molar-refractivity contribution in [3.63, 3.8) is 0 Å². The lowest BCUT2D eigenvalue weighted by molar-refractivity contribution is -0.118. The maximum atomic E-state index is 13.3. The van der Waals surface area contributed by atoms with Crippen molar-refractivity contribution in [2.24, 2.45) is 0 Å². The minimum Gasteiger partial charge on any atom is -0.376 e. The minimum atomic E-state index is 0.0714. The fourth-order valence-electron chi connectivity index (χ4n) is 3.48. The zero-order valence-electron chi connectivity index (χ0n) is 16.6. The van der Waals surface area contributed by atoms with Crippen molar-refractivity contribution >= 4 is 56.1 Å². The number of ether oxygens (including phenoxy) is 1. The molecule has 0 saturated carbocycles. The van der Waals surface area contributed by atoms with E-state index in [0.29, 0.717) is 13.0 Å². The number of aromatic nitrogens is 1. The molecule has 4 rings (SSSR count). The molecule has 29 heavy (non-hydrogen) atoms. The van der Waals surface area contributed by atoms with Gasteiger partial charge in [0.1, 0.15) is 0 Å². The maximum Gasteiger partial charge on any atom is 0.233 e. The van der Waals surface area contributed by atoms with E-state index in [9.17, 15) is 4.79 Å². The normalized spacial score (nSPS) is 16.4. The number of nitrogens with zero attached hydrogens (tertiary/aromatic N) is 2. The van der Waals surface area contributed by atoms with E-state index >= 15 is 0 Å². The fraction of sp³-hybridized carbons (Fsp3) is 0.364. The number of carbonyl (C=O) groups is 1. The second kappa shape index (κ2) is 9.51. The molecular formula is C22H24N2O2S3. The van der Waals surface area contributed by atoms with Gasteiger partial charge in [-0.2, -0.15) is 0 Å². The second-order valence-corrected chi connectivity index (χ2v) is 9.70. The third-order valence-electron chi connectivity index (χ3n) is 5.05. The molecule has 1 aliphatic rings. The summed E-state index contributed by atoms with van der Waals surface area (Å²) in [4.78, 5) is 22.4. The van der Waals surface area contributed by atoms with Crippen molar-refractivity contribution in [3.8, 4) is 0 Å². The number of anilines is 1. The van der Waals surface area contributed by atoms with Crippen LogP contribution in [0.5, 0.6) is 0 Å². The van der Waals surface area contributed by atoms with E-state index in [0.717, 1.165) is 45.3 Å². The van der Waals surface area contributed by atoms with Crippen LogP contribution in [-0.2, 0) is 16.0 Å². The van der Waals surface area contributed by atoms with Crippen LogP contribution in [-0.4, -0.2) is 42.7 Å². The number of para-hydroxylation sites is 1. The van der Waals surface area contributed by atoms with Gasteiger partial charge in [-0.15, -0.1) is 23.5 Å². The van der Waals surface area contributed by atoms with Crippen molar-refractivity contribution in [3.05, 3.63) is 48.0 Å². The molecule has 3 aromatic rings. The number of amides is 1. The molecule has 0 N–H and O–H groups in total. The molecule has 1 saturated heterocycles. The number of hydrogen-bond acceptors (Lipinski definition) is 6. The monoisotopic (exact) mass is 444 g/mol. The molecule has 2 aromatic carbocycles. The van der Waals surface area contributed by atoms with Gasteiger partial charge in [-0.25, -0.2) is 4.98 Å². The zero-order valence-corrected chi connectivity index (χ0v) is 19.0. The summed E-state index contributed by atoms with van der Waals surface area (Å²) in [6.07, 6.45) is 6.62. The van der Waals surface area contributed by atoms with Crippen LogP contribution in [0.1, 0.15) is 18.4 Å². The lowest BCUT2D eigenvalue weighted by atomic mass is 10.1. The van der Waals surface area contributed by atoms with Crippen LogP contribution >= 0.6 is 34.9 Å². The summed E-state index contributed by atoms with van der Waals surface area (Å²) in [5, 5.41) is 0.766. The number of carbonyl (C=O) groups excluding carboxylic acids is 1. The molecule has 4 nitrogen and oxygen atoms in total. The molecule has 0 bridgehead atoms. The lowest BCUT2D eigenvalue weighted by Crippen LogP contribution is -2.38. The van der Waals surface area contributed by atoms with Crippen LogP contribution in [0.15, 0.2) is 52.3 Å². The van der Waals surface area contributed by atoms with Gasteiger partial charge in [-0.05, 0) is 55.2 Å². The number of hydrogen-bond donors (Lipinski definition) is 0. The smallest absolute Gasteiger partial charge is 0.233 e. The Hall–Kier alpha value is -1.54. The predicted molar refractivity (Wildman–Crippen MR) is 125 cm³/mol. The number of thioether (sulfide) groups is 2. The Balaban J connectivity index is 1.62. The van der Waals surface area contributed by atoms with Gasteiger partial charge in [-0.3, -0.25) is 9.69 Å². The molecule has 2 heterocycles.